The van der Waals surface area contributed by atoms with Crippen molar-refractivity contribution < 1.29 is 18.7 Å². The highest BCUT2D eigenvalue weighted by Gasteiger charge is 2.44. The number of nitrogens with zero attached hydrogens (tertiary/aromatic N) is 2. The Kier molecular flexibility index (Phi) is 4.90. The first kappa shape index (κ1) is 20.4. The quantitative estimate of drug-likeness (QED) is 0.509. The van der Waals surface area contributed by atoms with Gasteiger partial charge in [0.2, 0.25) is 5.76 Å². The van der Waals surface area contributed by atoms with Gasteiger partial charge in [-0.05, 0) is 48.9 Å². The molecule has 1 aliphatic heterocycles. The summed E-state index contributed by atoms with van der Waals surface area (Å²) in [5, 5.41) is 0.398. The summed E-state index contributed by atoms with van der Waals surface area (Å²) >= 11 is 0. The number of anilines is 1. The summed E-state index contributed by atoms with van der Waals surface area (Å²) in [6.07, 6.45) is 0. The number of carbonyl (C=O) groups excluding carboxylic acids is 2. The van der Waals surface area contributed by atoms with E-state index < -0.39 is 17.9 Å². The fourth-order valence-corrected chi connectivity index (χ4v) is 4.04. The van der Waals surface area contributed by atoms with Crippen LogP contribution in [-0.2, 0) is 4.79 Å². The number of fused-ring (bicyclic) bond motifs is 2. The highest BCUT2D eigenvalue weighted by molar-refractivity contribution is 6.10. The van der Waals surface area contributed by atoms with Gasteiger partial charge in [-0.1, -0.05) is 30.3 Å². The van der Waals surface area contributed by atoms with Crippen LogP contribution in [0, 0.1) is 6.92 Å². The van der Waals surface area contributed by atoms with E-state index in [2.05, 4.69) is 4.98 Å². The summed E-state index contributed by atoms with van der Waals surface area (Å²) in [5.41, 5.74) is 6.87. The maximum absolute atomic E-state index is 13.5. The molecule has 1 unspecified atom stereocenters. The summed E-state index contributed by atoms with van der Waals surface area (Å²) in [7, 11) is 0. The Morgan fingerprint density at radius 2 is 1.82 bits per heavy atom. The van der Waals surface area contributed by atoms with Gasteiger partial charge in [-0.15, -0.1) is 0 Å². The molecule has 8 heteroatoms. The van der Waals surface area contributed by atoms with Crippen LogP contribution in [0.5, 0.6) is 5.75 Å². The summed E-state index contributed by atoms with van der Waals surface area (Å²) < 4.78 is 11.3. The Bertz CT molecular complexity index is 1460. The number of primary amides is 1. The van der Waals surface area contributed by atoms with Gasteiger partial charge in [0.05, 0.1) is 17.0 Å². The zero-order valence-corrected chi connectivity index (χ0v) is 17.6. The number of pyridine rings is 1. The number of hydrogen-bond donors (Lipinski definition) is 1. The highest BCUT2D eigenvalue weighted by Crippen LogP contribution is 2.40. The van der Waals surface area contributed by atoms with Crippen LogP contribution in [0.15, 0.2) is 75.9 Å². The Balaban J connectivity index is 1.69. The lowest BCUT2D eigenvalue weighted by molar-refractivity contribution is -0.119. The number of para-hydroxylation sites is 1. The average Bonchev–Trinajstić information content (AvgIpc) is 3.11. The molecule has 0 spiro atoms. The fraction of sp³-hybridized carbons (Fsp3) is 0.120. The molecule has 2 aromatic heterocycles. The Hall–Kier alpha value is -4.46. The monoisotopic (exact) mass is 441 g/mol. The predicted octanol–water partition coefficient (Wildman–Crippen LogP) is 3.11. The van der Waals surface area contributed by atoms with E-state index in [-0.39, 0.29) is 23.4 Å². The Morgan fingerprint density at radius 1 is 1.06 bits per heavy atom. The number of benzene rings is 2. The van der Waals surface area contributed by atoms with E-state index in [1.165, 1.54) is 4.90 Å². The minimum absolute atomic E-state index is 0.000982. The average molecular weight is 441 g/mol. The molecule has 3 heterocycles. The topological polar surface area (TPSA) is 116 Å². The van der Waals surface area contributed by atoms with Crippen LogP contribution in [0.25, 0.3) is 11.0 Å². The molecule has 164 valence electrons. The third-order valence-corrected chi connectivity index (χ3v) is 5.48. The van der Waals surface area contributed by atoms with Crippen molar-refractivity contribution in [2.24, 2.45) is 5.73 Å². The maximum atomic E-state index is 13.5. The molecule has 1 atom stereocenters. The lowest BCUT2D eigenvalue weighted by Crippen LogP contribution is -2.30. The van der Waals surface area contributed by atoms with E-state index in [4.69, 9.17) is 14.9 Å². The van der Waals surface area contributed by atoms with Crippen molar-refractivity contribution >= 4 is 28.6 Å². The molecule has 33 heavy (non-hydrogen) atoms. The molecule has 0 saturated heterocycles. The molecule has 4 aromatic rings. The normalized spacial score (nSPS) is 15.0. The molecule has 2 aromatic carbocycles. The number of rotatable bonds is 5. The van der Waals surface area contributed by atoms with Gasteiger partial charge in [-0.3, -0.25) is 19.3 Å². The minimum Gasteiger partial charge on any atom is -0.484 e. The summed E-state index contributed by atoms with van der Waals surface area (Å²) in [6.45, 7) is 1.58. The third-order valence-electron chi connectivity index (χ3n) is 5.48. The largest absolute Gasteiger partial charge is 0.484 e. The van der Waals surface area contributed by atoms with E-state index in [1.54, 1.807) is 60.7 Å². The number of ether oxygens (including phenoxy) is 1. The van der Waals surface area contributed by atoms with E-state index >= 15 is 0 Å². The van der Waals surface area contributed by atoms with Crippen molar-refractivity contribution in [1.29, 1.82) is 0 Å². The fourth-order valence-electron chi connectivity index (χ4n) is 4.04. The maximum Gasteiger partial charge on any atom is 0.296 e. The number of amides is 2. The summed E-state index contributed by atoms with van der Waals surface area (Å²) in [6, 6.07) is 18.2. The molecule has 0 fully saturated rings. The number of aryl methyl sites for hydroxylation is 1. The second-order valence-electron chi connectivity index (χ2n) is 7.71. The molecule has 8 nitrogen and oxygen atoms in total. The van der Waals surface area contributed by atoms with Crippen LogP contribution in [0.4, 0.5) is 5.82 Å². The SMILES string of the molecule is Cc1cccc(N2C(=O)c3oc4ccccc4c(=O)c3C2c2ccc(OCC(N)=O)cc2)n1. The van der Waals surface area contributed by atoms with Gasteiger partial charge in [0.15, 0.2) is 12.0 Å². The van der Waals surface area contributed by atoms with Crippen LogP contribution >= 0.6 is 0 Å². The van der Waals surface area contributed by atoms with Crippen LogP contribution in [0.2, 0.25) is 0 Å². The smallest absolute Gasteiger partial charge is 0.296 e. The number of carbonyl (C=O) groups is 2. The van der Waals surface area contributed by atoms with Gasteiger partial charge < -0.3 is 14.9 Å². The van der Waals surface area contributed by atoms with Gasteiger partial charge in [-0.25, -0.2) is 4.98 Å². The van der Waals surface area contributed by atoms with E-state index in [9.17, 15) is 14.4 Å². The van der Waals surface area contributed by atoms with Crippen LogP contribution in [0.1, 0.15) is 33.4 Å². The number of aromatic nitrogens is 1. The van der Waals surface area contributed by atoms with Crippen molar-refractivity contribution in [2.75, 3.05) is 11.5 Å². The van der Waals surface area contributed by atoms with Gasteiger partial charge in [0, 0.05) is 5.69 Å². The van der Waals surface area contributed by atoms with Crippen molar-refractivity contribution in [2.45, 2.75) is 13.0 Å². The standard InChI is InChI=1S/C25H19N3O5/c1-14-5-4-8-20(27-14)28-22(15-9-11-16(12-10-15)32-13-19(26)29)21-23(30)17-6-2-3-7-18(17)33-24(21)25(28)31/h2-12,22H,13H2,1H3,(H2,26,29). The number of hydrogen-bond acceptors (Lipinski definition) is 6. The van der Waals surface area contributed by atoms with Gasteiger partial charge >= 0.3 is 0 Å². The molecule has 2 amide bonds. The van der Waals surface area contributed by atoms with E-state index in [1.807, 2.05) is 13.0 Å². The molecule has 2 N–H and O–H groups in total. The molecule has 1 aliphatic rings. The zero-order valence-electron chi connectivity index (χ0n) is 17.6. The third kappa shape index (κ3) is 3.51. The summed E-state index contributed by atoms with van der Waals surface area (Å²) in [4.78, 5) is 44.0. The Labute approximate surface area is 188 Å². The lowest BCUT2D eigenvalue weighted by Gasteiger charge is -2.24. The first-order valence-electron chi connectivity index (χ1n) is 10.3. The van der Waals surface area contributed by atoms with Crippen LogP contribution in [-0.4, -0.2) is 23.4 Å². The second kappa shape index (κ2) is 7.90. The van der Waals surface area contributed by atoms with Crippen molar-refractivity contribution in [3.63, 3.8) is 0 Å². The second-order valence-corrected chi connectivity index (χ2v) is 7.71. The molecular weight excluding hydrogens is 422 g/mol. The lowest BCUT2D eigenvalue weighted by atomic mass is 9.98. The van der Waals surface area contributed by atoms with Crippen molar-refractivity contribution in [1.82, 2.24) is 4.98 Å². The van der Waals surface area contributed by atoms with E-state index in [0.29, 0.717) is 28.1 Å². The van der Waals surface area contributed by atoms with Gasteiger partial charge in [-0.2, -0.15) is 0 Å². The molecule has 5 rings (SSSR count). The first-order chi connectivity index (χ1) is 15.9. The molecule has 0 saturated carbocycles. The predicted molar refractivity (Wildman–Crippen MR) is 121 cm³/mol. The first-order valence-corrected chi connectivity index (χ1v) is 10.3. The molecule has 0 radical (unpaired) electrons. The zero-order chi connectivity index (χ0) is 23.1. The highest BCUT2D eigenvalue weighted by atomic mass is 16.5. The van der Waals surface area contributed by atoms with Crippen LogP contribution in [0.3, 0.4) is 0 Å². The van der Waals surface area contributed by atoms with Crippen molar-refractivity contribution in [3.05, 3.63) is 99.5 Å². The van der Waals surface area contributed by atoms with E-state index in [0.717, 1.165) is 5.69 Å². The van der Waals surface area contributed by atoms with Crippen LogP contribution < -0.4 is 20.8 Å². The molecular formula is C25H19N3O5. The number of nitrogens with two attached hydrogens (primary N) is 1. The summed E-state index contributed by atoms with van der Waals surface area (Å²) in [5.74, 6) is -0.177. The Morgan fingerprint density at radius 3 is 2.55 bits per heavy atom. The minimum atomic E-state index is -0.743. The van der Waals surface area contributed by atoms with Gasteiger partial charge in [0.1, 0.15) is 17.2 Å². The molecule has 0 aliphatic carbocycles. The van der Waals surface area contributed by atoms with Crippen molar-refractivity contribution in [3.8, 4) is 5.75 Å². The van der Waals surface area contributed by atoms with Gasteiger partial charge in [0.25, 0.3) is 11.8 Å². The molecule has 0 bridgehead atoms.